The summed E-state index contributed by atoms with van der Waals surface area (Å²) < 4.78 is 0. The Morgan fingerprint density at radius 1 is 1.11 bits per heavy atom. The zero-order chi connectivity index (χ0) is 13.1. The Morgan fingerprint density at radius 2 is 2.05 bits per heavy atom. The highest BCUT2D eigenvalue weighted by Gasteiger charge is 2.05. The van der Waals surface area contributed by atoms with E-state index in [9.17, 15) is 0 Å². The molecule has 0 aliphatic heterocycles. The standard InChI is InChI=1S/C15H13N3S/c16-10-11-3-1-4-12(9-11)15-17-7-6-13(18-15)14-5-2-8-19-14/h1-9H,10,16H2. The molecule has 19 heavy (non-hydrogen) atoms. The van der Waals surface area contributed by atoms with Gasteiger partial charge in [-0.3, -0.25) is 0 Å². The third-order valence-electron chi connectivity index (χ3n) is 2.85. The highest BCUT2D eigenvalue weighted by atomic mass is 32.1. The maximum absolute atomic E-state index is 5.66. The second kappa shape index (κ2) is 5.30. The van der Waals surface area contributed by atoms with E-state index in [0.29, 0.717) is 6.54 Å². The lowest BCUT2D eigenvalue weighted by Crippen LogP contribution is -1.97. The van der Waals surface area contributed by atoms with Crippen molar-refractivity contribution in [3.05, 3.63) is 59.6 Å². The topological polar surface area (TPSA) is 51.8 Å². The van der Waals surface area contributed by atoms with Crippen LogP contribution in [0.5, 0.6) is 0 Å². The Bertz CT molecular complexity index is 677. The van der Waals surface area contributed by atoms with Crippen molar-refractivity contribution in [2.45, 2.75) is 6.54 Å². The van der Waals surface area contributed by atoms with E-state index in [4.69, 9.17) is 5.73 Å². The van der Waals surface area contributed by atoms with Crippen LogP contribution in [0.4, 0.5) is 0 Å². The van der Waals surface area contributed by atoms with Crippen molar-refractivity contribution >= 4 is 11.3 Å². The first-order valence-electron chi connectivity index (χ1n) is 6.03. The van der Waals surface area contributed by atoms with Crippen LogP contribution in [0.25, 0.3) is 22.0 Å². The number of rotatable bonds is 3. The average Bonchev–Trinajstić information content (AvgIpc) is 3.02. The van der Waals surface area contributed by atoms with Gasteiger partial charge < -0.3 is 5.73 Å². The van der Waals surface area contributed by atoms with Crippen LogP contribution in [0.15, 0.2) is 54.0 Å². The van der Waals surface area contributed by atoms with Gasteiger partial charge in [0.1, 0.15) is 0 Å². The van der Waals surface area contributed by atoms with Gasteiger partial charge in [-0.05, 0) is 29.1 Å². The summed E-state index contributed by atoms with van der Waals surface area (Å²) in [5.41, 5.74) is 8.71. The summed E-state index contributed by atoms with van der Waals surface area (Å²) in [6.45, 7) is 0.526. The van der Waals surface area contributed by atoms with E-state index in [1.54, 1.807) is 17.5 Å². The third-order valence-corrected chi connectivity index (χ3v) is 3.74. The summed E-state index contributed by atoms with van der Waals surface area (Å²) in [7, 11) is 0. The molecule has 0 aliphatic rings. The van der Waals surface area contributed by atoms with Crippen LogP contribution in [0.3, 0.4) is 0 Å². The number of thiophene rings is 1. The molecule has 4 heteroatoms. The van der Waals surface area contributed by atoms with Crippen LogP contribution in [0.1, 0.15) is 5.56 Å². The van der Waals surface area contributed by atoms with Gasteiger partial charge in [0, 0.05) is 18.3 Å². The lowest BCUT2D eigenvalue weighted by molar-refractivity contribution is 1.07. The van der Waals surface area contributed by atoms with Crippen molar-refractivity contribution in [2.75, 3.05) is 0 Å². The monoisotopic (exact) mass is 267 g/mol. The normalized spacial score (nSPS) is 10.6. The lowest BCUT2D eigenvalue weighted by atomic mass is 10.1. The van der Waals surface area contributed by atoms with E-state index in [1.807, 2.05) is 41.8 Å². The van der Waals surface area contributed by atoms with Crippen LogP contribution in [-0.4, -0.2) is 9.97 Å². The number of aromatic nitrogens is 2. The van der Waals surface area contributed by atoms with Gasteiger partial charge in [0.25, 0.3) is 0 Å². The molecule has 2 N–H and O–H groups in total. The van der Waals surface area contributed by atoms with Crippen molar-refractivity contribution in [1.82, 2.24) is 9.97 Å². The van der Waals surface area contributed by atoms with Gasteiger partial charge in [-0.2, -0.15) is 0 Å². The minimum Gasteiger partial charge on any atom is -0.326 e. The van der Waals surface area contributed by atoms with Crippen molar-refractivity contribution in [3.63, 3.8) is 0 Å². The van der Waals surface area contributed by atoms with Gasteiger partial charge in [-0.1, -0.05) is 24.3 Å². The molecule has 0 bridgehead atoms. The first-order chi connectivity index (χ1) is 9.36. The maximum Gasteiger partial charge on any atom is 0.159 e. The van der Waals surface area contributed by atoms with Gasteiger partial charge in [-0.25, -0.2) is 9.97 Å². The summed E-state index contributed by atoms with van der Waals surface area (Å²) >= 11 is 1.68. The summed E-state index contributed by atoms with van der Waals surface area (Å²) in [5, 5.41) is 2.05. The Hall–Kier alpha value is -2.04. The molecule has 3 aromatic rings. The Labute approximate surface area is 115 Å². The number of hydrogen-bond donors (Lipinski definition) is 1. The fourth-order valence-corrected chi connectivity index (χ4v) is 2.59. The molecule has 3 rings (SSSR count). The molecule has 2 heterocycles. The summed E-state index contributed by atoms with van der Waals surface area (Å²) in [5.74, 6) is 0.737. The van der Waals surface area contributed by atoms with Gasteiger partial charge in [0.05, 0.1) is 10.6 Å². The van der Waals surface area contributed by atoms with E-state index < -0.39 is 0 Å². The molecular weight excluding hydrogens is 254 g/mol. The molecule has 0 atom stereocenters. The third kappa shape index (κ3) is 2.54. The smallest absolute Gasteiger partial charge is 0.159 e. The van der Waals surface area contributed by atoms with Crippen molar-refractivity contribution in [2.24, 2.45) is 5.73 Å². The number of nitrogens with zero attached hydrogens (tertiary/aromatic N) is 2. The predicted molar refractivity (Wildman–Crippen MR) is 78.7 cm³/mol. The zero-order valence-corrected chi connectivity index (χ0v) is 11.1. The summed E-state index contributed by atoms with van der Waals surface area (Å²) in [4.78, 5) is 10.1. The Morgan fingerprint density at radius 3 is 2.84 bits per heavy atom. The molecule has 0 saturated heterocycles. The molecule has 0 aliphatic carbocycles. The van der Waals surface area contributed by atoms with E-state index in [2.05, 4.69) is 16.0 Å². The van der Waals surface area contributed by atoms with E-state index in [-0.39, 0.29) is 0 Å². The van der Waals surface area contributed by atoms with Crippen molar-refractivity contribution in [1.29, 1.82) is 0 Å². The van der Waals surface area contributed by atoms with Gasteiger partial charge in [0.15, 0.2) is 5.82 Å². The van der Waals surface area contributed by atoms with Crippen LogP contribution >= 0.6 is 11.3 Å². The summed E-state index contributed by atoms with van der Waals surface area (Å²) in [6.07, 6.45) is 1.80. The highest BCUT2D eigenvalue weighted by Crippen LogP contribution is 2.24. The molecule has 1 aromatic carbocycles. The molecule has 2 aromatic heterocycles. The zero-order valence-electron chi connectivity index (χ0n) is 10.3. The molecule has 94 valence electrons. The first-order valence-corrected chi connectivity index (χ1v) is 6.91. The van der Waals surface area contributed by atoms with Crippen LogP contribution in [-0.2, 0) is 6.54 Å². The van der Waals surface area contributed by atoms with E-state index >= 15 is 0 Å². The van der Waals surface area contributed by atoms with Crippen LogP contribution in [0.2, 0.25) is 0 Å². The first kappa shape index (κ1) is 12.0. The summed E-state index contributed by atoms with van der Waals surface area (Å²) in [6, 6.07) is 14.1. The molecule has 0 fully saturated rings. The minimum atomic E-state index is 0.526. The fourth-order valence-electron chi connectivity index (χ4n) is 1.90. The van der Waals surface area contributed by atoms with Gasteiger partial charge in [0.2, 0.25) is 0 Å². The molecule has 0 spiro atoms. The molecule has 0 radical (unpaired) electrons. The van der Waals surface area contributed by atoms with Crippen molar-refractivity contribution < 1.29 is 0 Å². The quantitative estimate of drug-likeness (QED) is 0.792. The SMILES string of the molecule is NCc1cccc(-c2nccc(-c3cccs3)n2)c1. The minimum absolute atomic E-state index is 0.526. The van der Waals surface area contributed by atoms with Crippen LogP contribution < -0.4 is 5.73 Å². The molecule has 0 amide bonds. The maximum atomic E-state index is 5.66. The Balaban J connectivity index is 2.03. The van der Waals surface area contributed by atoms with Gasteiger partial charge >= 0.3 is 0 Å². The number of hydrogen-bond acceptors (Lipinski definition) is 4. The fraction of sp³-hybridized carbons (Fsp3) is 0.0667. The predicted octanol–water partition coefficient (Wildman–Crippen LogP) is 3.33. The largest absolute Gasteiger partial charge is 0.326 e. The molecule has 0 saturated carbocycles. The van der Waals surface area contributed by atoms with Crippen molar-refractivity contribution in [3.8, 4) is 22.0 Å². The highest BCUT2D eigenvalue weighted by molar-refractivity contribution is 7.13. The molecule has 3 nitrogen and oxygen atoms in total. The van der Waals surface area contributed by atoms with Crippen LogP contribution in [0, 0.1) is 0 Å². The number of benzene rings is 1. The molecular formula is C15H13N3S. The second-order valence-electron chi connectivity index (χ2n) is 4.15. The molecule has 0 unspecified atom stereocenters. The lowest BCUT2D eigenvalue weighted by Gasteiger charge is -2.04. The van der Waals surface area contributed by atoms with Gasteiger partial charge in [-0.15, -0.1) is 11.3 Å². The van der Waals surface area contributed by atoms with E-state index in [0.717, 1.165) is 27.5 Å². The van der Waals surface area contributed by atoms with E-state index in [1.165, 1.54) is 0 Å². The average molecular weight is 267 g/mol. The Kier molecular flexibility index (Phi) is 3.35. The second-order valence-corrected chi connectivity index (χ2v) is 5.09. The number of nitrogens with two attached hydrogens (primary N) is 1.